The van der Waals surface area contributed by atoms with Gasteiger partial charge in [-0.05, 0) is 50.2 Å². The maximum Gasteiger partial charge on any atom is 0.255 e. The fourth-order valence-corrected chi connectivity index (χ4v) is 2.45. The second kappa shape index (κ2) is 6.96. The Hall–Kier alpha value is -2.48. The van der Waals surface area contributed by atoms with Gasteiger partial charge in [0.15, 0.2) is 11.6 Å². The molecule has 0 aliphatic rings. The molecule has 0 spiro atoms. The molecule has 0 saturated heterocycles. The Kier molecular flexibility index (Phi) is 5.18. The van der Waals surface area contributed by atoms with Crippen molar-refractivity contribution in [3.05, 3.63) is 59.7 Å². The van der Waals surface area contributed by atoms with Crippen LogP contribution in [-0.2, 0) is 10.0 Å². The molecule has 0 heterocycles. The Morgan fingerprint density at radius 2 is 1.54 bits per heavy atom. The second-order valence-corrected chi connectivity index (χ2v) is 7.59. The van der Waals surface area contributed by atoms with Gasteiger partial charge in [0.05, 0.1) is 5.25 Å². The number of rotatable bonds is 5. The smallest absolute Gasteiger partial charge is 0.255 e. The second-order valence-electron chi connectivity index (χ2n) is 5.36. The van der Waals surface area contributed by atoms with Gasteiger partial charge in [0, 0.05) is 23.0 Å². The Bertz CT molecular complexity index is 850. The normalized spacial score (nSPS) is 11.4. The summed E-state index contributed by atoms with van der Waals surface area (Å²) < 4.78 is 51.9. The lowest BCUT2D eigenvalue weighted by Crippen LogP contribution is -2.22. The number of sulfonamides is 1. The van der Waals surface area contributed by atoms with Gasteiger partial charge in [0.25, 0.3) is 5.91 Å². The summed E-state index contributed by atoms with van der Waals surface area (Å²) in [5.41, 5.74) is 0.684. The van der Waals surface area contributed by atoms with Gasteiger partial charge in [-0.15, -0.1) is 0 Å². The van der Waals surface area contributed by atoms with E-state index in [0.29, 0.717) is 5.69 Å². The molecule has 2 N–H and O–H groups in total. The molecular formula is C16H16F2N2O3S. The highest BCUT2D eigenvalue weighted by atomic mass is 32.2. The van der Waals surface area contributed by atoms with Crippen molar-refractivity contribution in [1.82, 2.24) is 0 Å². The number of halogens is 2. The van der Waals surface area contributed by atoms with Crippen LogP contribution in [0.5, 0.6) is 0 Å². The minimum absolute atomic E-state index is 0.114. The van der Waals surface area contributed by atoms with E-state index in [0.717, 1.165) is 12.1 Å². The average molecular weight is 354 g/mol. The minimum Gasteiger partial charge on any atom is -0.322 e. The van der Waals surface area contributed by atoms with Crippen LogP contribution in [-0.4, -0.2) is 19.6 Å². The zero-order chi connectivity index (χ0) is 17.9. The van der Waals surface area contributed by atoms with Crippen LogP contribution >= 0.6 is 0 Å². The molecule has 2 rings (SSSR count). The van der Waals surface area contributed by atoms with Crippen molar-refractivity contribution in [2.24, 2.45) is 0 Å². The highest BCUT2D eigenvalue weighted by molar-refractivity contribution is 7.93. The number of benzene rings is 2. The molecule has 0 saturated carbocycles. The summed E-state index contributed by atoms with van der Waals surface area (Å²) in [6.45, 7) is 3.10. The molecule has 0 unspecified atom stereocenters. The minimum atomic E-state index is -3.47. The maximum atomic E-state index is 13.1. The van der Waals surface area contributed by atoms with Crippen LogP contribution in [0.25, 0.3) is 0 Å². The standard InChI is InChI=1S/C16H16F2N2O3S/c1-10(2)24(22,23)20-12-5-3-11(4-6-12)16(21)19-13-7-8-14(17)15(18)9-13/h3-10,20H,1-2H3,(H,19,21). The van der Waals surface area contributed by atoms with Gasteiger partial charge in [-0.25, -0.2) is 17.2 Å². The van der Waals surface area contributed by atoms with E-state index >= 15 is 0 Å². The van der Waals surface area contributed by atoms with E-state index < -0.39 is 32.8 Å². The van der Waals surface area contributed by atoms with Crippen LogP contribution in [0.1, 0.15) is 24.2 Å². The highest BCUT2D eigenvalue weighted by Crippen LogP contribution is 2.16. The number of hydrogen-bond acceptors (Lipinski definition) is 3. The third kappa shape index (κ3) is 4.29. The fourth-order valence-electron chi connectivity index (χ4n) is 1.75. The molecule has 2 aromatic rings. The van der Waals surface area contributed by atoms with Crippen LogP contribution in [0.2, 0.25) is 0 Å². The Balaban J connectivity index is 2.10. The van der Waals surface area contributed by atoms with Crippen molar-refractivity contribution in [3.63, 3.8) is 0 Å². The van der Waals surface area contributed by atoms with E-state index in [2.05, 4.69) is 10.0 Å². The SMILES string of the molecule is CC(C)S(=O)(=O)Nc1ccc(C(=O)Nc2ccc(F)c(F)c2)cc1. The van der Waals surface area contributed by atoms with E-state index in [9.17, 15) is 22.0 Å². The van der Waals surface area contributed by atoms with Crippen molar-refractivity contribution >= 4 is 27.3 Å². The fraction of sp³-hybridized carbons (Fsp3) is 0.188. The van der Waals surface area contributed by atoms with Gasteiger partial charge in [0.1, 0.15) is 0 Å². The Morgan fingerprint density at radius 1 is 0.958 bits per heavy atom. The van der Waals surface area contributed by atoms with Crippen LogP contribution < -0.4 is 10.0 Å². The first kappa shape index (κ1) is 17.9. The zero-order valence-corrected chi connectivity index (χ0v) is 13.8. The van der Waals surface area contributed by atoms with Crippen LogP contribution in [0, 0.1) is 11.6 Å². The summed E-state index contributed by atoms with van der Waals surface area (Å²) in [7, 11) is -3.47. The molecule has 8 heteroatoms. The van der Waals surface area contributed by atoms with E-state index in [1.807, 2.05) is 0 Å². The molecule has 0 atom stereocenters. The monoisotopic (exact) mass is 354 g/mol. The lowest BCUT2D eigenvalue weighted by molar-refractivity contribution is 0.102. The van der Waals surface area contributed by atoms with Gasteiger partial charge in [-0.3, -0.25) is 9.52 Å². The molecule has 0 radical (unpaired) electrons. The number of anilines is 2. The van der Waals surface area contributed by atoms with E-state index in [-0.39, 0.29) is 11.3 Å². The zero-order valence-electron chi connectivity index (χ0n) is 13.0. The molecule has 0 bridgehead atoms. The molecule has 0 aromatic heterocycles. The summed E-state index contributed by atoms with van der Waals surface area (Å²) in [6, 6.07) is 8.76. The van der Waals surface area contributed by atoms with Crippen LogP contribution in [0.3, 0.4) is 0 Å². The van der Waals surface area contributed by atoms with E-state index in [1.54, 1.807) is 13.8 Å². The lowest BCUT2D eigenvalue weighted by atomic mass is 10.2. The molecule has 2 aromatic carbocycles. The van der Waals surface area contributed by atoms with Crippen molar-refractivity contribution in [3.8, 4) is 0 Å². The average Bonchev–Trinajstić information content (AvgIpc) is 2.51. The van der Waals surface area contributed by atoms with E-state index in [4.69, 9.17) is 0 Å². The van der Waals surface area contributed by atoms with Crippen LogP contribution in [0.4, 0.5) is 20.2 Å². The predicted octanol–water partition coefficient (Wildman–Crippen LogP) is 3.37. The molecular weight excluding hydrogens is 338 g/mol. The summed E-state index contributed by atoms with van der Waals surface area (Å²) >= 11 is 0. The Morgan fingerprint density at radius 3 is 2.08 bits per heavy atom. The lowest BCUT2D eigenvalue weighted by Gasteiger charge is -2.11. The Labute approximate surface area is 138 Å². The molecule has 5 nitrogen and oxygen atoms in total. The largest absolute Gasteiger partial charge is 0.322 e. The van der Waals surface area contributed by atoms with Gasteiger partial charge in [-0.1, -0.05) is 0 Å². The summed E-state index contributed by atoms with van der Waals surface area (Å²) in [5, 5.41) is 1.84. The van der Waals surface area contributed by atoms with Crippen LogP contribution in [0.15, 0.2) is 42.5 Å². The first-order chi connectivity index (χ1) is 11.2. The number of nitrogens with one attached hydrogen (secondary N) is 2. The molecule has 1 amide bonds. The number of hydrogen-bond donors (Lipinski definition) is 2. The highest BCUT2D eigenvalue weighted by Gasteiger charge is 2.16. The topological polar surface area (TPSA) is 75.3 Å². The summed E-state index contributed by atoms with van der Waals surface area (Å²) in [4.78, 5) is 12.0. The molecule has 128 valence electrons. The third-order valence-electron chi connectivity index (χ3n) is 3.21. The first-order valence-corrected chi connectivity index (χ1v) is 8.62. The van der Waals surface area contributed by atoms with Crippen molar-refractivity contribution in [2.75, 3.05) is 10.0 Å². The predicted molar refractivity (Wildman–Crippen MR) is 88.4 cm³/mol. The first-order valence-electron chi connectivity index (χ1n) is 7.07. The van der Waals surface area contributed by atoms with Crippen molar-refractivity contribution < 1.29 is 22.0 Å². The van der Waals surface area contributed by atoms with Crippen molar-refractivity contribution in [2.45, 2.75) is 19.1 Å². The molecule has 0 fully saturated rings. The molecule has 0 aliphatic carbocycles. The summed E-state index contributed by atoms with van der Waals surface area (Å²) in [6.07, 6.45) is 0. The molecule has 24 heavy (non-hydrogen) atoms. The van der Waals surface area contributed by atoms with Crippen molar-refractivity contribution in [1.29, 1.82) is 0 Å². The number of carbonyl (C=O) groups is 1. The van der Waals surface area contributed by atoms with Gasteiger partial charge in [0.2, 0.25) is 10.0 Å². The van der Waals surface area contributed by atoms with Gasteiger partial charge < -0.3 is 5.32 Å². The summed E-state index contributed by atoms with van der Waals surface area (Å²) in [5.74, 6) is -2.60. The third-order valence-corrected chi connectivity index (χ3v) is 4.97. The van der Waals surface area contributed by atoms with Gasteiger partial charge >= 0.3 is 0 Å². The number of carbonyl (C=O) groups excluding carboxylic acids is 1. The van der Waals surface area contributed by atoms with Gasteiger partial charge in [-0.2, -0.15) is 0 Å². The maximum absolute atomic E-state index is 13.1. The quantitative estimate of drug-likeness (QED) is 0.864. The van der Waals surface area contributed by atoms with E-state index in [1.165, 1.54) is 30.3 Å². The number of amides is 1. The molecule has 0 aliphatic heterocycles.